The van der Waals surface area contributed by atoms with E-state index in [-0.39, 0.29) is 29.0 Å². The fraction of sp³-hybridized carbons (Fsp3) is 0.900. The van der Waals surface area contributed by atoms with Crippen LogP contribution >= 0.6 is 0 Å². The summed E-state index contributed by atoms with van der Waals surface area (Å²) in [5, 5.41) is 0. The molecule has 0 spiro atoms. The van der Waals surface area contributed by atoms with Crippen molar-refractivity contribution in [1.29, 1.82) is 0 Å². The summed E-state index contributed by atoms with van der Waals surface area (Å²) >= 11 is 0. The summed E-state index contributed by atoms with van der Waals surface area (Å²) in [6.45, 7) is 16.0. The summed E-state index contributed by atoms with van der Waals surface area (Å²) in [5.74, 6) is -0.766. The molecule has 0 bridgehead atoms. The van der Waals surface area contributed by atoms with Crippen LogP contribution in [-0.2, 0) is 19.1 Å². The van der Waals surface area contributed by atoms with Gasteiger partial charge in [0.05, 0.1) is 5.41 Å². The number of hydrogen-bond acceptors (Lipinski definition) is 4. The standard InChI is InChI=1S/C20H36O4/c1-17(2,3)14-20(8,18(4,5)6)16(22)23-13-15(21)24-19(7)11-9-10-12-19/h9-14H2,1-8H3. The lowest BCUT2D eigenvalue weighted by Crippen LogP contribution is -2.45. The Balaban J connectivity index is 2.70. The lowest BCUT2D eigenvalue weighted by atomic mass is 9.61. The van der Waals surface area contributed by atoms with Crippen LogP contribution in [0.3, 0.4) is 0 Å². The molecule has 1 aliphatic carbocycles. The molecule has 0 amide bonds. The molecule has 4 heteroatoms. The molecule has 4 nitrogen and oxygen atoms in total. The highest BCUT2D eigenvalue weighted by atomic mass is 16.6. The molecule has 1 fully saturated rings. The molecule has 1 rings (SSSR count). The molecule has 0 heterocycles. The molecular weight excluding hydrogens is 304 g/mol. The SMILES string of the molecule is CC(C)(C)CC(C)(C(=O)OCC(=O)OC1(C)CCCC1)C(C)(C)C. The Morgan fingerprint density at radius 3 is 1.88 bits per heavy atom. The summed E-state index contributed by atoms with van der Waals surface area (Å²) in [5.41, 5.74) is -1.33. The highest BCUT2D eigenvalue weighted by Crippen LogP contribution is 2.47. The van der Waals surface area contributed by atoms with Gasteiger partial charge in [-0.2, -0.15) is 0 Å². The van der Waals surface area contributed by atoms with Gasteiger partial charge in [-0.05, 0) is 56.8 Å². The number of carbonyl (C=O) groups is 2. The van der Waals surface area contributed by atoms with Gasteiger partial charge in [0, 0.05) is 0 Å². The largest absolute Gasteiger partial charge is 0.457 e. The van der Waals surface area contributed by atoms with Gasteiger partial charge in [0.2, 0.25) is 0 Å². The molecule has 0 aliphatic heterocycles. The molecule has 1 atom stereocenters. The summed E-state index contributed by atoms with van der Waals surface area (Å²) in [6, 6.07) is 0. The van der Waals surface area contributed by atoms with Gasteiger partial charge >= 0.3 is 11.9 Å². The van der Waals surface area contributed by atoms with E-state index in [0.29, 0.717) is 6.42 Å². The maximum atomic E-state index is 12.8. The zero-order valence-electron chi connectivity index (χ0n) is 16.9. The Morgan fingerprint density at radius 2 is 1.46 bits per heavy atom. The molecule has 1 aliphatic rings. The average molecular weight is 341 g/mol. The predicted molar refractivity (Wildman–Crippen MR) is 95.6 cm³/mol. The monoisotopic (exact) mass is 340 g/mol. The summed E-state index contributed by atoms with van der Waals surface area (Å²) in [6.07, 6.45) is 4.62. The predicted octanol–water partition coefficient (Wildman–Crippen LogP) is 4.89. The summed E-state index contributed by atoms with van der Waals surface area (Å²) in [7, 11) is 0. The van der Waals surface area contributed by atoms with Crippen molar-refractivity contribution in [2.24, 2.45) is 16.2 Å². The highest BCUT2D eigenvalue weighted by Gasteiger charge is 2.48. The summed E-state index contributed by atoms with van der Waals surface area (Å²) in [4.78, 5) is 24.9. The van der Waals surface area contributed by atoms with Crippen LogP contribution in [0.2, 0.25) is 0 Å². The van der Waals surface area contributed by atoms with Crippen molar-refractivity contribution in [1.82, 2.24) is 0 Å². The molecule has 24 heavy (non-hydrogen) atoms. The first-order valence-corrected chi connectivity index (χ1v) is 9.08. The van der Waals surface area contributed by atoms with Crippen molar-refractivity contribution in [2.75, 3.05) is 6.61 Å². The third-order valence-electron chi connectivity index (χ3n) is 5.33. The Labute approximate surface area is 147 Å². The molecule has 1 unspecified atom stereocenters. The van der Waals surface area contributed by atoms with E-state index in [0.717, 1.165) is 25.7 Å². The molecule has 0 aromatic heterocycles. The first kappa shape index (κ1) is 21.0. The van der Waals surface area contributed by atoms with Crippen LogP contribution < -0.4 is 0 Å². The second-order valence-electron chi connectivity index (χ2n) is 10.0. The van der Waals surface area contributed by atoms with E-state index >= 15 is 0 Å². The van der Waals surface area contributed by atoms with E-state index in [1.807, 2.05) is 34.6 Å². The molecule has 0 N–H and O–H groups in total. The number of esters is 2. The molecule has 0 saturated heterocycles. The van der Waals surface area contributed by atoms with Gasteiger partial charge < -0.3 is 9.47 Å². The minimum absolute atomic E-state index is 0.0150. The normalized spacial score (nSPS) is 20.3. The van der Waals surface area contributed by atoms with Crippen molar-refractivity contribution in [3.63, 3.8) is 0 Å². The van der Waals surface area contributed by atoms with Crippen molar-refractivity contribution in [3.8, 4) is 0 Å². The average Bonchev–Trinajstić information content (AvgIpc) is 2.78. The van der Waals surface area contributed by atoms with Gasteiger partial charge in [-0.15, -0.1) is 0 Å². The van der Waals surface area contributed by atoms with Crippen molar-refractivity contribution < 1.29 is 19.1 Å². The van der Waals surface area contributed by atoms with Crippen molar-refractivity contribution >= 4 is 11.9 Å². The number of hydrogen-bond donors (Lipinski definition) is 0. The van der Waals surface area contributed by atoms with Gasteiger partial charge in [0.1, 0.15) is 5.60 Å². The smallest absolute Gasteiger partial charge is 0.344 e. The molecule has 0 aromatic rings. The molecule has 0 aromatic carbocycles. The first-order valence-electron chi connectivity index (χ1n) is 9.08. The second-order valence-corrected chi connectivity index (χ2v) is 10.0. The van der Waals surface area contributed by atoms with E-state index in [2.05, 4.69) is 20.8 Å². The van der Waals surface area contributed by atoms with E-state index in [1.165, 1.54) is 0 Å². The molecule has 1 saturated carbocycles. The van der Waals surface area contributed by atoms with E-state index < -0.39 is 11.4 Å². The fourth-order valence-corrected chi connectivity index (χ4v) is 3.52. The van der Waals surface area contributed by atoms with Crippen LogP contribution in [0.15, 0.2) is 0 Å². The molecule has 0 radical (unpaired) electrons. The fourth-order valence-electron chi connectivity index (χ4n) is 3.52. The minimum Gasteiger partial charge on any atom is -0.457 e. The maximum Gasteiger partial charge on any atom is 0.344 e. The minimum atomic E-state index is -0.664. The van der Waals surface area contributed by atoms with Gasteiger partial charge in [0.25, 0.3) is 0 Å². The zero-order chi connectivity index (χ0) is 18.8. The Bertz CT molecular complexity index is 461. The van der Waals surface area contributed by atoms with E-state index in [9.17, 15) is 9.59 Å². The molecular formula is C20H36O4. The van der Waals surface area contributed by atoms with E-state index in [4.69, 9.17) is 9.47 Å². The van der Waals surface area contributed by atoms with Gasteiger partial charge in [0.15, 0.2) is 6.61 Å². The van der Waals surface area contributed by atoms with Gasteiger partial charge in [-0.1, -0.05) is 41.5 Å². The van der Waals surface area contributed by atoms with Crippen LogP contribution in [0, 0.1) is 16.2 Å². The number of carbonyl (C=O) groups excluding carboxylic acids is 2. The highest BCUT2D eigenvalue weighted by molar-refractivity contribution is 5.81. The van der Waals surface area contributed by atoms with Crippen molar-refractivity contribution in [3.05, 3.63) is 0 Å². The second kappa shape index (κ2) is 7.05. The Hall–Kier alpha value is -1.06. The van der Waals surface area contributed by atoms with Crippen LogP contribution in [-0.4, -0.2) is 24.1 Å². The quantitative estimate of drug-likeness (QED) is 0.668. The lowest BCUT2D eigenvalue weighted by Gasteiger charge is -2.43. The lowest BCUT2D eigenvalue weighted by molar-refractivity contribution is -0.177. The van der Waals surface area contributed by atoms with Crippen molar-refractivity contribution in [2.45, 2.75) is 93.1 Å². The summed E-state index contributed by atoms with van der Waals surface area (Å²) < 4.78 is 10.9. The Morgan fingerprint density at radius 1 is 0.958 bits per heavy atom. The van der Waals surface area contributed by atoms with Crippen LogP contribution in [0.25, 0.3) is 0 Å². The topological polar surface area (TPSA) is 52.6 Å². The van der Waals surface area contributed by atoms with Gasteiger partial charge in [-0.25, -0.2) is 4.79 Å². The first-order chi connectivity index (χ1) is 10.7. The van der Waals surface area contributed by atoms with Crippen LogP contribution in [0.1, 0.15) is 87.5 Å². The molecule has 140 valence electrons. The van der Waals surface area contributed by atoms with Gasteiger partial charge in [-0.3, -0.25) is 4.79 Å². The van der Waals surface area contributed by atoms with E-state index in [1.54, 1.807) is 0 Å². The maximum absolute atomic E-state index is 12.8. The Kier molecular flexibility index (Phi) is 6.16. The third kappa shape index (κ3) is 5.49. The third-order valence-corrected chi connectivity index (χ3v) is 5.33. The zero-order valence-corrected chi connectivity index (χ0v) is 16.9. The number of ether oxygens (including phenoxy) is 2. The van der Waals surface area contributed by atoms with Crippen LogP contribution in [0.5, 0.6) is 0 Å². The van der Waals surface area contributed by atoms with Crippen LogP contribution in [0.4, 0.5) is 0 Å². The number of rotatable bonds is 5.